The number of carboxylic acid groups (broad SMARTS) is 1. The first-order valence-electron chi connectivity index (χ1n) is 35.1. The molecule has 0 aromatic heterocycles. The highest BCUT2D eigenvalue weighted by Crippen LogP contribution is 2.33. The molecule has 9 amide bonds. The number of hydrogen-bond donors (Lipinski definition) is 5. The normalized spacial score (nSPS) is 17.6. The van der Waals surface area contributed by atoms with Gasteiger partial charge in [0.1, 0.15) is 12.4 Å². The summed E-state index contributed by atoms with van der Waals surface area (Å²) in [7, 11) is 7.81. The van der Waals surface area contributed by atoms with Gasteiger partial charge in [-0.15, -0.1) is 0 Å². The fourth-order valence-corrected chi connectivity index (χ4v) is 14.0. The lowest BCUT2D eigenvalue weighted by Gasteiger charge is -2.41. The maximum Gasteiger partial charge on any atom is 0.410 e. The molecule has 2 unspecified atom stereocenters. The van der Waals surface area contributed by atoms with Gasteiger partial charge in [-0.25, -0.2) is 9.59 Å². The molecule has 2 aliphatic heterocycles. The fraction of sp³-hybridized carbons (Fsp3) is 0.676. The van der Waals surface area contributed by atoms with Crippen LogP contribution in [0.2, 0.25) is 0 Å². The first-order valence-corrected chi connectivity index (χ1v) is 36.4. The van der Waals surface area contributed by atoms with E-state index in [0.29, 0.717) is 71.0 Å². The summed E-state index contributed by atoms with van der Waals surface area (Å²) in [6.07, 6.45) is 4.98. The lowest BCUT2D eigenvalue weighted by atomic mass is 9.83. The van der Waals surface area contributed by atoms with E-state index in [0.717, 1.165) is 16.7 Å². The number of carboxylic acids is 1. The Kier molecular flexibility index (Phi) is 37.7. The lowest BCUT2D eigenvalue weighted by molar-refractivity contribution is -0.149. The van der Waals surface area contributed by atoms with E-state index in [4.69, 9.17) is 19.9 Å². The number of rotatable bonds is 42. The van der Waals surface area contributed by atoms with Gasteiger partial charge in [0.2, 0.25) is 35.4 Å². The van der Waals surface area contributed by atoms with Crippen LogP contribution in [0.15, 0.2) is 54.6 Å². The Balaban J connectivity index is 0.000000600. The molecule has 2 aliphatic rings. The number of aliphatic carboxylic acids is 1. The van der Waals surface area contributed by atoms with Crippen molar-refractivity contribution in [3.8, 4) is 0 Å². The van der Waals surface area contributed by atoms with Crippen LogP contribution < -0.4 is 21.7 Å². The van der Waals surface area contributed by atoms with Crippen LogP contribution in [0, 0.1) is 54.3 Å². The van der Waals surface area contributed by atoms with E-state index in [2.05, 4.69) is 16.0 Å². The molecule has 2 heterocycles. The van der Waals surface area contributed by atoms with Crippen LogP contribution in [-0.2, 0) is 75.2 Å². The quantitative estimate of drug-likeness (QED) is 0.0307. The summed E-state index contributed by atoms with van der Waals surface area (Å²) >= 11 is 1.38. The number of carbonyl (C=O) groups excluding carboxylic acids is 11. The van der Waals surface area contributed by atoms with Gasteiger partial charge in [0.05, 0.1) is 54.0 Å². The van der Waals surface area contributed by atoms with Crippen molar-refractivity contribution >= 4 is 82.6 Å². The number of nitrogens with two attached hydrogens (primary N) is 1. The average Bonchev–Trinajstić information content (AvgIpc) is 1.71. The van der Waals surface area contributed by atoms with Crippen molar-refractivity contribution in [2.45, 2.75) is 214 Å². The summed E-state index contributed by atoms with van der Waals surface area (Å²) in [5.74, 6) is -6.54. The number of carbonyl (C=O) groups is 12. The molecule has 0 bridgehead atoms. The van der Waals surface area contributed by atoms with E-state index in [1.165, 1.54) is 42.8 Å². The van der Waals surface area contributed by atoms with Gasteiger partial charge in [0.25, 0.3) is 0 Å². The molecule has 99 heavy (non-hydrogen) atoms. The number of methoxy groups -OCH3 is 2. The van der Waals surface area contributed by atoms with Crippen molar-refractivity contribution in [1.29, 1.82) is 0 Å². The molecule has 0 spiro atoms. The van der Waals surface area contributed by atoms with E-state index in [9.17, 15) is 62.6 Å². The van der Waals surface area contributed by atoms with Crippen molar-refractivity contribution < 1.29 is 76.9 Å². The topological polar surface area (TPSA) is 328 Å². The van der Waals surface area contributed by atoms with Crippen molar-refractivity contribution in [2.24, 2.45) is 53.1 Å². The number of ether oxygens (including phenoxy) is 3. The molecule has 2 fully saturated rings. The summed E-state index contributed by atoms with van der Waals surface area (Å²) in [6.45, 7) is 20.1. The summed E-state index contributed by atoms with van der Waals surface area (Å²) in [4.78, 5) is 161. The highest BCUT2D eigenvalue weighted by molar-refractivity contribution is 8.00. The zero-order valence-electron chi connectivity index (χ0n) is 61.6. The number of likely N-dealkylation sites (tertiary alicyclic amines) is 2. The minimum absolute atomic E-state index is 0.0195. The summed E-state index contributed by atoms with van der Waals surface area (Å²) in [6, 6.07) is 13.8. The number of thioether (sulfide) groups is 1. The van der Waals surface area contributed by atoms with Gasteiger partial charge < -0.3 is 55.7 Å². The number of primary amides is 1. The number of urea groups is 1. The van der Waals surface area contributed by atoms with Crippen LogP contribution in [-0.4, -0.2) is 198 Å². The van der Waals surface area contributed by atoms with Gasteiger partial charge in [-0.3, -0.25) is 52.8 Å². The van der Waals surface area contributed by atoms with Gasteiger partial charge >= 0.3 is 18.1 Å². The van der Waals surface area contributed by atoms with Crippen molar-refractivity contribution in [1.82, 2.24) is 35.6 Å². The minimum Gasteiger partial charge on any atom is -0.481 e. The SMILES string of the molecule is CC[C@H](C)C([C@@H](CC(=O)N1CCC[C@H]1[C@H](OC)[C@@H](C)C(=O)C[C@@H](Cc1ccccc1)C(=O)O)OC)N(C)C(=O)[C@@H](CC(=O)[C@H](C(C)C)N(C)C(=O)OCc1ccc(C)cc1)C(C)C.CNC(=O)[C@H](CCCNC(N)=O)CC(=O)[C@@H](NC(=O)CCCCCN1C(=O)CC(SC)C1=O)C(C)C. The minimum atomic E-state index is -1.04. The molecule has 12 atom stereocenters. The number of ketones is 3. The van der Waals surface area contributed by atoms with Crippen LogP contribution in [0.5, 0.6) is 0 Å². The first-order chi connectivity index (χ1) is 46.8. The Labute approximate surface area is 591 Å². The number of nitrogens with zero attached hydrogens (tertiary/aromatic N) is 4. The monoisotopic (exact) mass is 1400 g/mol. The number of unbranched alkanes of at least 4 members (excludes halogenated alkanes) is 2. The van der Waals surface area contributed by atoms with Crippen LogP contribution in [0.1, 0.15) is 169 Å². The Morgan fingerprint density at radius 2 is 1.40 bits per heavy atom. The number of hydrogen-bond acceptors (Lipinski definition) is 16. The molecule has 0 saturated carbocycles. The largest absolute Gasteiger partial charge is 0.481 e. The summed E-state index contributed by atoms with van der Waals surface area (Å²) in [5, 5.41) is 17.5. The van der Waals surface area contributed by atoms with Crippen LogP contribution in [0.4, 0.5) is 9.59 Å². The first kappa shape index (κ1) is 86.0. The number of benzene rings is 2. The third-order valence-electron chi connectivity index (χ3n) is 19.4. The predicted octanol–water partition coefficient (Wildman–Crippen LogP) is 8.59. The van der Waals surface area contributed by atoms with Gasteiger partial charge in [-0.05, 0) is 92.9 Å². The van der Waals surface area contributed by atoms with E-state index in [-0.39, 0.29) is 133 Å². The molecule has 4 rings (SSSR count). The Bertz CT molecular complexity index is 2970. The second-order valence-electron chi connectivity index (χ2n) is 27.7. The lowest BCUT2D eigenvalue weighted by Crippen LogP contribution is -2.54. The van der Waals surface area contributed by atoms with E-state index in [1.807, 2.05) is 123 Å². The molecule has 24 nitrogen and oxygen atoms in total. The average molecular weight is 1410 g/mol. The van der Waals surface area contributed by atoms with Crippen LogP contribution in [0.25, 0.3) is 0 Å². The molecule has 2 saturated heterocycles. The molecule has 6 N–H and O–H groups in total. The number of likely N-dealkylation sites (N-methyl/N-ethyl adjacent to an activating group) is 2. The molecule has 0 radical (unpaired) electrons. The Morgan fingerprint density at radius 1 is 0.758 bits per heavy atom. The van der Waals surface area contributed by atoms with E-state index < -0.39 is 78.1 Å². The molecular weight excluding hydrogens is 1290 g/mol. The van der Waals surface area contributed by atoms with Crippen molar-refractivity contribution in [3.63, 3.8) is 0 Å². The molecule has 554 valence electrons. The second-order valence-corrected chi connectivity index (χ2v) is 28.7. The second kappa shape index (κ2) is 43.4. The van der Waals surface area contributed by atoms with Gasteiger partial charge in [0.15, 0.2) is 11.6 Å². The zero-order valence-corrected chi connectivity index (χ0v) is 62.5. The molecule has 0 aliphatic carbocycles. The highest BCUT2D eigenvalue weighted by Gasteiger charge is 2.45. The molecular formula is C74H116N8O16S. The number of aryl methyl sites for hydroxylation is 1. The Morgan fingerprint density at radius 3 is 1.95 bits per heavy atom. The predicted molar refractivity (Wildman–Crippen MR) is 381 cm³/mol. The highest BCUT2D eigenvalue weighted by atomic mass is 32.2. The Hall–Kier alpha value is -7.25. The van der Waals surface area contributed by atoms with Crippen LogP contribution >= 0.6 is 11.8 Å². The summed E-state index contributed by atoms with van der Waals surface area (Å²) in [5.41, 5.74) is 7.80. The van der Waals surface area contributed by atoms with Crippen molar-refractivity contribution in [3.05, 3.63) is 71.3 Å². The third-order valence-corrected chi connectivity index (χ3v) is 20.3. The van der Waals surface area contributed by atoms with Crippen LogP contribution in [0.3, 0.4) is 0 Å². The third kappa shape index (κ3) is 27.0. The number of nitrogens with one attached hydrogen (secondary N) is 3. The zero-order chi connectivity index (χ0) is 74.4. The standard InChI is InChI=1S/C50H75N3O10.C24H41N5O6S/c1-13-34(7)46(51(9)48(57)39(31(2)3)28-42(55)45(32(4)5)52(10)50(60)63-30-37-23-21-33(6)22-24-37)43(61-11)29-44(56)53-25-17-20-40(53)47(62-12)35(8)41(54)27-38(49(58)59)26-36-18-15-14-16-19-36;1-15(2)21(17(30)13-16(22(33)26-3)9-8-11-27-24(25)35)28-19(31)10-6-5-7-12-29-20(32)14-18(36-4)23(29)34/h14-16,18-19,21-24,31-32,34-35,38-40,43,45-47H,13,17,20,25-30H2,1-12H3,(H,58,59);15-16,18,21H,5-14H2,1-4H3,(H,26,33)(H,28,31)(H3,25,27,35)/t34-,35-,38+,39-,40-,43+,45-,46?,47+;16-,18?,21+/m01/s1. The number of imide groups is 1. The van der Waals surface area contributed by atoms with Gasteiger partial charge in [-0.2, -0.15) is 11.8 Å². The molecule has 2 aromatic carbocycles. The number of amides is 9. The van der Waals surface area contributed by atoms with Gasteiger partial charge in [-0.1, -0.05) is 135 Å². The van der Waals surface area contributed by atoms with E-state index >= 15 is 0 Å². The smallest absolute Gasteiger partial charge is 0.410 e. The number of Topliss-reactive ketones (excluding diaryl/α,β-unsaturated/α-hetero) is 3. The molecule has 25 heteroatoms. The fourth-order valence-electron chi connectivity index (χ4n) is 13.3. The van der Waals surface area contributed by atoms with E-state index in [1.54, 1.807) is 30.8 Å². The maximum absolute atomic E-state index is 14.6. The molecule has 2 aromatic rings. The maximum atomic E-state index is 14.6. The van der Waals surface area contributed by atoms with Crippen molar-refractivity contribution in [2.75, 3.05) is 61.3 Å². The summed E-state index contributed by atoms with van der Waals surface area (Å²) < 4.78 is 17.6. The van der Waals surface area contributed by atoms with Gasteiger partial charge in [0, 0.05) is 105 Å².